The van der Waals surface area contributed by atoms with Crippen molar-refractivity contribution in [2.75, 3.05) is 26.4 Å². The predicted octanol–water partition coefficient (Wildman–Crippen LogP) is 5.07. The molecule has 0 N–H and O–H groups in total. The first kappa shape index (κ1) is 19.4. The minimum Gasteiger partial charge on any atom is -0.491 e. The van der Waals surface area contributed by atoms with Gasteiger partial charge in [0.2, 0.25) is 0 Å². The second-order valence-electron chi connectivity index (χ2n) is 8.12. The maximum Gasteiger partial charge on any atom is 0.122 e. The smallest absolute Gasteiger partial charge is 0.122 e. The van der Waals surface area contributed by atoms with Crippen LogP contribution in [0.15, 0.2) is 54.6 Å². The van der Waals surface area contributed by atoms with E-state index in [0.29, 0.717) is 13.2 Å². The Morgan fingerprint density at radius 1 is 0.800 bits per heavy atom. The highest BCUT2D eigenvalue weighted by Crippen LogP contribution is 2.34. The van der Waals surface area contributed by atoms with Crippen LogP contribution in [0.4, 0.5) is 0 Å². The van der Waals surface area contributed by atoms with Gasteiger partial charge in [0.15, 0.2) is 0 Å². The van der Waals surface area contributed by atoms with Gasteiger partial charge in [0.1, 0.15) is 36.9 Å². The summed E-state index contributed by atoms with van der Waals surface area (Å²) < 4.78 is 22.1. The quantitative estimate of drug-likeness (QED) is 0.548. The highest BCUT2D eigenvalue weighted by Gasteiger charge is 2.24. The Balaban J connectivity index is 1.26. The van der Waals surface area contributed by atoms with Crippen LogP contribution in [0.2, 0.25) is 0 Å². The first-order valence-electron chi connectivity index (χ1n) is 10.9. The topological polar surface area (TPSA) is 43.5 Å². The Morgan fingerprint density at radius 2 is 1.40 bits per heavy atom. The monoisotopic (exact) mass is 404 g/mol. The van der Waals surface area contributed by atoms with Crippen molar-refractivity contribution in [3.63, 3.8) is 0 Å². The number of ether oxygens (including phenoxy) is 4. The molecule has 2 saturated heterocycles. The Morgan fingerprint density at radius 3 is 2.00 bits per heavy atom. The van der Waals surface area contributed by atoms with Gasteiger partial charge in [-0.2, -0.15) is 0 Å². The number of rotatable bonds is 9. The summed E-state index contributed by atoms with van der Waals surface area (Å²) in [5, 5.41) is 0. The summed E-state index contributed by atoms with van der Waals surface area (Å²) in [5.74, 6) is 1.89. The summed E-state index contributed by atoms with van der Waals surface area (Å²) in [4.78, 5) is 0. The fourth-order valence-corrected chi connectivity index (χ4v) is 3.78. The fraction of sp³-hybridized carbons (Fsp3) is 0.385. The molecule has 4 nitrogen and oxygen atoms in total. The van der Waals surface area contributed by atoms with E-state index >= 15 is 0 Å². The molecule has 2 heterocycles. The second kappa shape index (κ2) is 8.66. The van der Waals surface area contributed by atoms with Crippen LogP contribution in [-0.4, -0.2) is 38.6 Å². The zero-order valence-electron chi connectivity index (χ0n) is 17.4. The molecule has 156 valence electrons. The summed E-state index contributed by atoms with van der Waals surface area (Å²) in [6, 6.07) is 15.0. The first-order valence-corrected chi connectivity index (χ1v) is 10.9. The zero-order valence-corrected chi connectivity index (χ0v) is 17.4. The number of hydrogen-bond donors (Lipinski definition) is 0. The molecule has 0 bridgehead atoms. The van der Waals surface area contributed by atoms with Crippen molar-refractivity contribution in [2.24, 2.45) is 0 Å². The number of epoxide rings is 2. The summed E-state index contributed by atoms with van der Waals surface area (Å²) in [5.41, 5.74) is 6.57. The molecule has 2 aromatic rings. The van der Waals surface area contributed by atoms with Crippen molar-refractivity contribution in [3.05, 3.63) is 71.3 Å². The van der Waals surface area contributed by atoms with E-state index in [4.69, 9.17) is 18.9 Å². The fourth-order valence-electron chi connectivity index (χ4n) is 3.78. The van der Waals surface area contributed by atoms with Crippen LogP contribution in [0, 0.1) is 0 Å². The van der Waals surface area contributed by atoms with Crippen LogP contribution in [0.3, 0.4) is 0 Å². The molecule has 0 radical (unpaired) electrons. The summed E-state index contributed by atoms with van der Waals surface area (Å²) in [6.45, 7) is 5.13. The molecule has 30 heavy (non-hydrogen) atoms. The molecule has 2 aliphatic heterocycles. The molecule has 2 atom stereocenters. The lowest BCUT2D eigenvalue weighted by Crippen LogP contribution is -2.06. The predicted molar refractivity (Wildman–Crippen MR) is 118 cm³/mol. The maximum atomic E-state index is 5.94. The molecule has 0 saturated carbocycles. The van der Waals surface area contributed by atoms with Gasteiger partial charge in [0, 0.05) is 0 Å². The minimum atomic E-state index is 0.284. The average Bonchev–Trinajstić information content (AvgIpc) is 3.72. The van der Waals surface area contributed by atoms with Gasteiger partial charge >= 0.3 is 0 Å². The molecule has 1 aliphatic carbocycles. The Bertz CT molecular complexity index is 949. The standard InChI is InChI=1S/C26H28O4/c1-2-18-13-22(9-12-26(18)30-17-25-16-29-25)21-5-3-19(4-6-21)20-7-10-23(11-8-20)27-14-24-15-28-24/h3,5,7-13,24-25H,2,4,6,14-17H2,1H3. The zero-order chi connectivity index (χ0) is 20.3. The lowest BCUT2D eigenvalue weighted by molar-refractivity contribution is 0.261. The van der Waals surface area contributed by atoms with E-state index in [1.54, 1.807) is 0 Å². The van der Waals surface area contributed by atoms with E-state index in [1.807, 2.05) is 0 Å². The molecule has 0 aromatic heterocycles. The highest BCUT2D eigenvalue weighted by molar-refractivity contribution is 5.78. The number of allylic oxidation sites excluding steroid dienone is 4. The Labute approximate surface area is 178 Å². The van der Waals surface area contributed by atoms with E-state index in [1.165, 1.54) is 27.8 Å². The summed E-state index contributed by atoms with van der Waals surface area (Å²) in [6.07, 6.45) is 8.14. The van der Waals surface area contributed by atoms with Gasteiger partial charge in [-0.25, -0.2) is 0 Å². The molecule has 0 amide bonds. The molecule has 2 aromatic carbocycles. The normalized spacial score (nSPS) is 22.2. The Hall–Kier alpha value is -2.56. The minimum absolute atomic E-state index is 0.284. The van der Waals surface area contributed by atoms with E-state index in [-0.39, 0.29) is 12.2 Å². The van der Waals surface area contributed by atoms with Crippen molar-refractivity contribution < 1.29 is 18.9 Å². The molecule has 2 unspecified atom stereocenters. The van der Waals surface area contributed by atoms with E-state index in [9.17, 15) is 0 Å². The maximum absolute atomic E-state index is 5.94. The SMILES string of the molecule is CCc1cc(C2=CC=C(c3ccc(OCC4CO4)cc3)CC2)ccc1OCC1CO1. The molecule has 5 rings (SSSR count). The van der Waals surface area contributed by atoms with Gasteiger partial charge in [0.05, 0.1) is 13.2 Å². The van der Waals surface area contributed by atoms with E-state index in [0.717, 1.165) is 44.0 Å². The lowest BCUT2D eigenvalue weighted by atomic mass is 9.89. The van der Waals surface area contributed by atoms with E-state index < -0.39 is 0 Å². The third-order valence-corrected chi connectivity index (χ3v) is 5.85. The van der Waals surface area contributed by atoms with Gasteiger partial charge in [-0.3, -0.25) is 0 Å². The third kappa shape index (κ3) is 4.77. The summed E-state index contributed by atoms with van der Waals surface area (Å²) >= 11 is 0. The molecular formula is C26H28O4. The van der Waals surface area contributed by atoms with Gasteiger partial charge in [-0.15, -0.1) is 0 Å². The lowest BCUT2D eigenvalue weighted by Gasteiger charge is -2.17. The van der Waals surface area contributed by atoms with Crippen molar-refractivity contribution in [1.29, 1.82) is 0 Å². The van der Waals surface area contributed by atoms with Crippen molar-refractivity contribution >= 4 is 11.1 Å². The average molecular weight is 405 g/mol. The van der Waals surface area contributed by atoms with Crippen LogP contribution in [0.1, 0.15) is 36.5 Å². The van der Waals surface area contributed by atoms with E-state index in [2.05, 4.69) is 61.5 Å². The van der Waals surface area contributed by atoms with Crippen LogP contribution in [0.25, 0.3) is 11.1 Å². The second-order valence-corrected chi connectivity index (χ2v) is 8.12. The van der Waals surface area contributed by atoms with Crippen molar-refractivity contribution in [1.82, 2.24) is 0 Å². The number of hydrogen-bond acceptors (Lipinski definition) is 4. The summed E-state index contributed by atoms with van der Waals surface area (Å²) in [7, 11) is 0. The van der Waals surface area contributed by atoms with Gasteiger partial charge in [-0.05, 0) is 71.4 Å². The molecule has 3 aliphatic rings. The van der Waals surface area contributed by atoms with Gasteiger partial charge < -0.3 is 18.9 Å². The van der Waals surface area contributed by atoms with Crippen LogP contribution >= 0.6 is 0 Å². The van der Waals surface area contributed by atoms with Gasteiger partial charge in [-0.1, -0.05) is 37.3 Å². The van der Waals surface area contributed by atoms with Crippen LogP contribution in [0.5, 0.6) is 11.5 Å². The molecule has 0 spiro atoms. The van der Waals surface area contributed by atoms with Crippen LogP contribution in [-0.2, 0) is 15.9 Å². The number of benzene rings is 2. The van der Waals surface area contributed by atoms with Gasteiger partial charge in [0.25, 0.3) is 0 Å². The Kier molecular flexibility index (Phi) is 5.60. The highest BCUT2D eigenvalue weighted by atomic mass is 16.6. The molecule has 2 fully saturated rings. The molecular weight excluding hydrogens is 376 g/mol. The largest absolute Gasteiger partial charge is 0.491 e. The first-order chi connectivity index (χ1) is 14.8. The molecule has 4 heteroatoms. The van der Waals surface area contributed by atoms with Crippen molar-refractivity contribution in [2.45, 2.75) is 38.4 Å². The third-order valence-electron chi connectivity index (χ3n) is 5.85. The van der Waals surface area contributed by atoms with Crippen molar-refractivity contribution in [3.8, 4) is 11.5 Å². The van der Waals surface area contributed by atoms with Crippen LogP contribution < -0.4 is 9.47 Å². The number of aryl methyl sites for hydroxylation is 1.